The summed E-state index contributed by atoms with van der Waals surface area (Å²) in [5.74, 6) is 2.18. The molecule has 24 heavy (non-hydrogen) atoms. The molecule has 0 saturated heterocycles. The van der Waals surface area contributed by atoms with Crippen LogP contribution in [0.3, 0.4) is 0 Å². The molecule has 2 aromatic rings. The first-order valence-electron chi connectivity index (χ1n) is 7.72. The lowest BCUT2D eigenvalue weighted by molar-refractivity contribution is 0.223. The average molecular weight is 330 g/mol. The van der Waals surface area contributed by atoms with E-state index in [-0.39, 0.29) is 12.8 Å². The van der Waals surface area contributed by atoms with Crippen LogP contribution in [0, 0.1) is 0 Å². The number of hydrogen-bond acceptors (Lipinski definition) is 4. The summed E-state index contributed by atoms with van der Waals surface area (Å²) >= 11 is 0. The Morgan fingerprint density at radius 1 is 0.958 bits per heavy atom. The number of carbonyl (C=O) groups is 1. The lowest BCUT2D eigenvalue weighted by atomic mass is 10.2. The fourth-order valence-electron chi connectivity index (χ4n) is 2.07. The Kier molecular flexibility index (Phi) is 6.76. The van der Waals surface area contributed by atoms with Gasteiger partial charge in [0, 0.05) is 12.1 Å². The molecule has 0 aromatic heterocycles. The number of carbonyl (C=O) groups excluding carboxylic acids is 1. The van der Waals surface area contributed by atoms with Crippen molar-refractivity contribution < 1.29 is 19.0 Å². The molecule has 6 nitrogen and oxygen atoms in total. The van der Waals surface area contributed by atoms with E-state index < -0.39 is 0 Å². The molecule has 0 unspecified atom stereocenters. The minimum Gasteiger partial charge on any atom is -0.496 e. The quantitative estimate of drug-likeness (QED) is 0.730. The lowest BCUT2D eigenvalue weighted by Gasteiger charge is -2.11. The van der Waals surface area contributed by atoms with Crippen LogP contribution in [-0.4, -0.2) is 26.5 Å². The summed E-state index contributed by atoms with van der Waals surface area (Å²) < 4.78 is 16.0. The molecule has 0 spiro atoms. The predicted octanol–water partition coefficient (Wildman–Crippen LogP) is 2.93. The molecule has 0 aliphatic rings. The van der Waals surface area contributed by atoms with Crippen molar-refractivity contribution in [2.24, 2.45) is 0 Å². The third-order valence-corrected chi connectivity index (χ3v) is 3.24. The van der Waals surface area contributed by atoms with Crippen molar-refractivity contribution >= 4 is 6.03 Å². The summed E-state index contributed by atoms with van der Waals surface area (Å²) in [6.45, 7) is 3.00. The van der Waals surface area contributed by atoms with Gasteiger partial charge in [-0.2, -0.15) is 0 Å². The number of urea groups is 1. The van der Waals surface area contributed by atoms with Crippen LogP contribution >= 0.6 is 0 Å². The SMILES string of the molecule is CCOc1ccc(OCNC(=O)NCc2ccccc2OC)cc1. The normalized spacial score (nSPS) is 9.92. The maximum Gasteiger partial charge on any atom is 0.317 e. The van der Waals surface area contributed by atoms with Gasteiger partial charge in [-0.05, 0) is 37.3 Å². The van der Waals surface area contributed by atoms with Crippen molar-refractivity contribution in [2.75, 3.05) is 20.4 Å². The van der Waals surface area contributed by atoms with Crippen molar-refractivity contribution in [1.82, 2.24) is 10.6 Å². The van der Waals surface area contributed by atoms with Crippen LogP contribution in [0.5, 0.6) is 17.2 Å². The first-order chi connectivity index (χ1) is 11.7. The molecule has 0 fully saturated rings. The first-order valence-corrected chi connectivity index (χ1v) is 7.72. The molecule has 0 atom stereocenters. The zero-order valence-electron chi connectivity index (χ0n) is 13.9. The van der Waals surface area contributed by atoms with Crippen LogP contribution < -0.4 is 24.8 Å². The third-order valence-electron chi connectivity index (χ3n) is 3.24. The summed E-state index contributed by atoms with van der Waals surface area (Å²) in [6, 6.07) is 14.4. The molecule has 2 amide bonds. The number of amides is 2. The second kappa shape index (κ2) is 9.29. The predicted molar refractivity (Wildman–Crippen MR) is 91.5 cm³/mol. The van der Waals surface area contributed by atoms with Gasteiger partial charge in [-0.1, -0.05) is 18.2 Å². The molecule has 0 bridgehead atoms. The Bertz CT molecular complexity index is 644. The minimum absolute atomic E-state index is 0.0751. The summed E-state index contributed by atoms with van der Waals surface area (Å²) in [6.07, 6.45) is 0. The number of methoxy groups -OCH3 is 1. The third kappa shape index (κ3) is 5.39. The molecule has 128 valence electrons. The van der Waals surface area contributed by atoms with Crippen LogP contribution in [0.2, 0.25) is 0 Å². The van der Waals surface area contributed by atoms with Crippen molar-refractivity contribution in [1.29, 1.82) is 0 Å². The van der Waals surface area contributed by atoms with Crippen molar-refractivity contribution in [2.45, 2.75) is 13.5 Å². The first kappa shape index (κ1) is 17.5. The van der Waals surface area contributed by atoms with Crippen molar-refractivity contribution in [3.05, 3.63) is 54.1 Å². The van der Waals surface area contributed by atoms with E-state index in [1.807, 2.05) is 43.3 Å². The molecule has 0 aliphatic carbocycles. The highest BCUT2D eigenvalue weighted by atomic mass is 16.5. The van der Waals surface area contributed by atoms with E-state index >= 15 is 0 Å². The van der Waals surface area contributed by atoms with Crippen LogP contribution in [0.15, 0.2) is 48.5 Å². The fourth-order valence-corrected chi connectivity index (χ4v) is 2.07. The Balaban J connectivity index is 1.71. The number of hydrogen-bond donors (Lipinski definition) is 2. The number of rotatable bonds is 8. The van der Waals surface area contributed by atoms with Gasteiger partial charge in [0.2, 0.25) is 0 Å². The van der Waals surface area contributed by atoms with Crippen LogP contribution in [-0.2, 0) is 6.54 Å². The van der Waals surface area contributed by atoms with Gasteiger partial charge >= 0.3 is 6.03 Å². The van der Waals surface area contributed by atoms with Crippen LogP contribution in [0.4, 0.5) is 4.79 Å². The van der Waals surface area contributed by atoms with Gasteiger partial charge in [-0.15, -0.1) is 0 Å². The van der Waals surface area contributed by atoms with Crippen molar-refractivity contribution in [3.8, 4) is 17.2 Å². The Morgan fingerprint density at radius 3 is 2.29 bits per heavy atom. The van der Waals surface area contributed by atoms with Crippen LogP contribution in [0.1, 0.15) is 12.5 Å². The zero-order chi connectivity index (χ0) is 17.2. The van der Waals surface area contributed by atoms with E-state index in [2.05, 4.69) is 10.6 Å². The van der Waals surface area contributed by atoms with Gasteiger partial charge in [-0.3, -0.25) is 0 Å². The van der Waals surface area contributed by atoms with Crippen LogP contribution in [0.25, 0.3) is 0 Å². The largest absolute Gasteiger partial charge is 0.496 e. The molecular weight excluding hydrogens is 308 g/mol. The molecule has 2 N–H and O–H groups in total. The minimum atomic E-state index is -0.313. The zero-order valence-corrected chi connectivity index (χ0v) is 13.9. The summed E-state index contributed by atoms with van der Waals surface area (Å²) in [5.41, 5.74) is 0.905. The van der Waals surface area contributed by atoms with Gasteiger partial charge in [0.15, 0.2) is 6.73 Å². The number of ether oxygens (including phenoxy) is 3. The smallest absolute Gasteiger partial charge is 0.317 e. The lowest BCUT2D eigenvalue weighted by Crippen LogP contribution is -2.37. The highest BCUT2D eigenvalue weighted by molar-refractivity contribution is 5.73. The van der Waals surface area contributed by atoms with Gasteiger partial charge in [0.25, 0.3) is 0 Å². The Morgan fingerprint density at radius 2 is 1.62 bits per heavy atom. The highest BCUT2D eigenvalue weighted by Crippen LogP contribution is 2.17. The van der Waals surface area contributed by atoms with E-state index in [0.29, 0.717) is 18.9 Å². The molecule has 0 aliphatic heterocycles. The molecule has 0 heterocycles. The molecule has 6 heteroatoms. The summed E-state index contributed by atoms with van der Waals surface area (Å²) in [5, 5.41) is 5.39. The van der Waals surface area contributed by atoms with E-state index in [0.717, 1.165) is 17.1 Å². The molecule has 2 rings (SSSR count). The summed E-state index contributed by atoms with van der Waals surface area (Å²) in [7, 11) is 1.60. The highest BCUT2D eigenvalue weighted by Gasteiger charge is 2.04. The Labute approximate surface area is 141 Å². The van der Waals surface area contributed by atoms with Gasteiger partial charge in [-0.25, -0.2) is 4.79 Å². The van der Waals surface area contributed by atoms with E-state index in [4.69, 9.17) is 14.2 Å². The standard InChI is InChI=1S/C18H22N2O4/c1-3-23-15-8-10-16(11-9-15)24-13-20-18(21)19-12-14-6-4-5-7-17(14)22-2/h4-11H,3,12-13H2,1-2H3,(H2,19,20,21). The maximum atomic E-state index is 11.8. The van der Waals surface area contributed by atoms with Crippen molar-refractivity contribution in [3.63, 3.8) is 0 Å². The van der Waals surface area contributed by atoms with E-state index in [1.54, 1.807) is 19.2 Å². The molecule has 2 aromatic carbocycles. The molecule has 0 radical (unpaired) electrons. The summed E-state index contributed by atoms with van der Waals surface area (Å²) in [4.78, 5) is 11.8. The molecule has 0 saturated carbocycles. The van der Waals surface area contributed by atoms with Gasteiger partial charge in [0.1, 0.15) is 17.2 Å². The monoisotopic (exact) mass is 330 g/mol. The number of nitrogens with one attached hydrogen (secondary N) is 2. The second-order valence-corrected chi connectivity index (χ2v) is 4.86. The number of benzene rings is 2. The number of para-hydroxylation sites is 1. The second-order valence-electron chi connectivity index (χ2n) is 4.86. The fraction of sp³-hybridized carbons (Fsp3) is 0.278. The van der Waals surface area contributed by atoms with E-state index in [1.165, 1.54) is 0 Å². The van der Waals surface area contributed by atoms with Gasteiger partial charge in [0.05, 0.1) is 13.7 Å². The Hall–Kier alpha value is -2.89. The van der Waals surface area contributed by atoms with E-state index in [9.17, 15) is 4.79 Å². The topological polar surface area (TPSA) is 68.8 Å². The van der Waals surface area contributed by atoms with Gasteiger partial charge < -0.3 is 24.8 Å². The molecular formula is C18H22N2O4. The average Bonchev–Trinajstić information content (AvgIpc) is 2.62. The maximum absolute atomic E-state index is 11.8.